The summed E-state index contributed by atoms with van der Waals surface area (Å²) in [4.78, 5) is 12.6. The molecule has 2 N–H and O–H groups in total. The number of aryl methyl sites for hydroxylation is 1. The van der Waals surface area contributed by atoms with Gasteiger partial charge in [0.1, 0.15) is 11.5 Å². The highest BCUT2D eigenvalue weighted by Crippen LogP contribution is 2.35. The molecule has 0 radical (unpaired) electrons. The molecule has 3 aromatic rings. The lowest BCUT2D eigenvalue weighted by molar-refractivity contribution is -0.137. The summed E-state index contributed by atoms with van der Waals surface area (Å²) in [5, 5.41) is 0. The van der Waals surface area contributed by atoms with Crippen molar-refractivity contribution in [2.24, 2.45) is 0 Å². The monoisotopic (exact) mass is 412 g/mol. The highest BCUT2D eigenvalue weighted by Gasteiger charge is 2.35. The third-order valence-electron chi connectivity index (χ3n) is 4.37. The number of anilines is 1. The average Bonchev–Trinajstić information content (AvgIpc) is 2.62. The Balaban J connectivity index is 2.29. The molecule has 1 aromatic heterocycles. The molecule has 2 aromatic carbocycles. The maximum atomic E-state index is 14.1. The Morgan fingerprint density at radius 2 is 1.62 bits per heavy atom. The summed E-state index contributed by atoms with van der Waals surface area (Å²) in [6, 6.07) is 7.80. The Morgan fingerprint density at radius 3 is 2.24 bits per heavy atom. The molecule has 0 aliphatic rings. The number of aromatic nitrogens is 1. The van der Waals surface area contributed by atoms with Gasteiger partial charge in [-0.3, -0.25) is 4.79 Å². The van der Waals surface area contributed by atoms with E-state index in [1.807, 2.05) is 0 Å². The predicted octanol–water partition coefficient (Wildman–Crippen LogP) is 4.89. The van der Waals surface area contributed by atoms with E-state index in [1.165, 1.54) is 12.1 Å². The molecule has 0 aliphatic carbocycles. The van der Waals surface area contributed by atoms with E-state index in [2.05, 4.69) is 0 Å². The molecule has 9 heteroatoms. The number of hydrogen-bond donors (Lipinski definition) is 1. The van der Waals surface area contributed by atoms with Crippen LogP contribution in [0, 0.1) is 24.4 Å². The van der Waals surface area contributed by atoms with Gasteiger partial charge in [0.25, 0.3) is 5.56 Å². The van der Waals surface area contributed by atoms with Gasteiger partial charge in [-0.05, 0) is 30.7 Å². The lowest BCUT2D eigenvalue weighted by atomic mass is 10.0. The van der Waals surface area contributed by atoms with E-state index in [4.69, 9.17) is 5.73 Å². The number of benzene rings is 2. The van der Waals surface area contributed by atoms with Crippen LogP contribution < -0.4 is 11.3 Å². The van der Waals surface area contributed by atoms with Gasteiger partial charge in [0.15, 0.2) is 11.6 Å². The number of hydrogen-bond acceptors (Lipinski definition) is 2. The minimum atomic E-state index is -4.89. The Morgan fingerprint density at radius 1 is 0.966 bits per heavy atom. The largest absolute Gasteiger partial charge is 0.418 e. The summed E-state index contributed by atoms with van der Waals surface area (Å²) in [7, 11) is 0. The van der Waals surface area contributed by atoms with Gasteiger partial charge in [-0.2, -0.15) is 13.2 Å². The Labute approximate surface area is 161 Å². The summed E-state index contributed by atoms with van der Waals surface area (Å²) in [6.45, 7) is 1.05. The van der Waals surface area contributed by atoms with Crippen molar-refractivity contribution in [1.82, 2.24) is 4.57 Å². The van der Waals surface area contributed by atoms with Crippen LogP contribution in [-0.2, 0) is 12.7 Å². The molecular weight excluding hydrogens is 398 g/mol. The molecule has 29 heavy (non-hydrogen) atoms. The fourth-order valence-electron chi connectivity index (χ4n) is 2.95. The van der Waals surface area contributed by atoms with Gasteiger partial charge in [-0.15, -0.1) is 0 Å². The van der Waals surface area contributed by atoms with Crippen LogP contribution in [0.2, 0.25) is 0 Å². The van der Waals surface area contributed by atoms with Crippen molar-refractivity contribution in [2.75, 3.05) is 5.73 Å². The van der Waals surface area contributed by atoms with Crippen molar-refractivity contribution in [3.05, 3.63) is 87.0 Å². The zero-order chi connectivity index (χ0) is 21.5. The van der Waals surface area contributed by atoms with Crippen molar-refractivity contribution in [1.29, 1.82) is 0 Å². The first kappa shape index (κ1) is 20.5. The van der Waals surface area contributed by atoms with Crippen LogP contribution in [0.1, 0.15) is 16.7 Å². The Hall–Kier alpha value is -3.23. The van der Waals surface area contributed by atoms with Gasteiger partial charge in [0.2, 0.25) is 0 Å². The second-order valence-electron chi connectivity index (χ2n) is 6.47. The Bertz CT molecular complexity index is 1150. The third kappa shape index (κ3) is 3.98. The van der Waals surface area contributed by atoms with E-state index < -0.39 is 52.5 Å². The van der Waals surface area contributed by atoms with Crippen LogP contribution in [0.4, 0.5) is 32.0 Å². The SMILES string of the molecule is Cc1cccc(-c2cc(C(F)(F)F)c(N)c(=O)n2Cc2cc(F)c(F)cc2F)c1. The van der Waals surface area contributed by atoms with Gasteiger partial charge in [0.05, 0.1) is 17.8 Å². The summed E-state index contributed by atoms with van der Waals surface area (Å²) >= 11 is 0. The molecule has 0 bridgehead atoms. The van der Waals surface area contributed by atoms with Gasteiger partial charge >= 0.3 is 6.18 Å². The maximum absolute atomic E-state index is 14.1. The molecule has 0 fully saturated rings. The molecule has 3 rings (SSSR count). The highest BCUT2D eigenvalue weighted by molar-refractivity contribution is 5.65. The smallest absolute Gasteiger partial charge is 0.394 e. The van der Waals surface area contributed by atoms with Crippen molar-refractivity contribution in [2.45, 2.75) is 19.6 Å². The first-order valence-electron chi connectivity index (χ1n) is 8.30. The Kier molecular flexibility index (Phi) is 5.16. The van der Waals surface area contributed by atoms with Crippen LogP contribution in [0.25, 0.3) is 11.3 Å². The number of halogens is 6. The fourth-order valence-corrected chi connectivity index (χ4v) is 2.95. The first-order chi connectivity index (χ1) is 13.5. The number of pyridine rings is 1. The topological polar surface area (TPSA) is 48.0 Å². The molecule has 0 spiro atoms. The molecular formula is C20H14F6N2O. The zero-order valence-corrected chi connectivity index (χ0v) is 14.9. The van der Waals surface area contributed by atoms with Crippen LogP contribution in [0.15, 0.2) is 47.3 Å². The van der Waals surface area contributed by atoms with Crippen LogP contribution in [0.5, 0.6) is 0 Å². The molecule has 3 nitrogen and oxygen atoms in total. The van der Waals surface area contributed by atoms with Crippen molar-refractivity contribution >= 4 is 5.69 Å². The summed E-state index contributed by atoms with van der Waals surface area (Å²) in [5.41, 5.74) is 2.12. The minimum Gasteiger partial charge on any atom is -0.394 e. The second kappa shape index (κ2) is 7.31. The molecule has 1 heterocycles. The highest BCUT2D eigenvalue weighted by atomic mass is 19.4. The van der Waals surface area contributed by atoms with Crippen molar-refractivity contribution < 1.29 is 26.3 Å². The van der Waals surface area contributed by atoms with Crippen molar-refractivity contribution in [3.63, 3.8) is 0 Å². The van der Waals surface area contributed by atoms with Crippen molar-refractivity contribution in [3.8, 4) is 11.3 Å². The number of nitrogens with zero attached hydrogens (tertiary/aromatic N) is 1. The summed E-state index contributed by atoms with van der Waals surface area (Å²) in [6.07, 6.45) is -4.89. The first-order valence-corrected chi connectivity index (χ1v) is 8.30. The summed E-state index contributed by atoms with van der Waals surface area (Å²) < 4.78 is 81.6. The van der Waals surface area contributed by atoms with Crippen LogP contribution in [0.3, 0.4) is 0 Å². The fraction of sp³-hybridized carbons (Fsp3) is 0.150. The van der Waals surface area contributed by atoms with Gasteiger partial charge in [0, 0.05) is 11.6 Å². The van der Waals surface area contributed by atoms with Crippen LogP contribution >= 0.6 is 0 Å². The molecule has 0 saturated heterocycles. The number of nitrogen functional groups attached to an aromatic ring is 1. The molecule has 0 atom stereocenters. The van der Waals surface area contributed by atoms with E-state index in [9.17, 15) is 31.1 Å². The number of rotatable bonds is 3. The predicted molar refractivity (Wildman–Crippen MR) is 95.7 cm³/mol. The van der Waals surface area contributed by atoms with Gasteiger partial charge < -0.3 is 10.3 Å². The van der Waals surface area contributed by atoms with E-state index >= 15 is 0 Å². The maximum Gasteiger partial charge on any atom is 0.418 e. The minimum absolute atomic E-state index is 0.190. The van der Waals surface area contributed by atoms with E-state index in [0.717, 1.165) is 4.57 Å². The molecule has 0 unspecified atom stereocenters. The van der Waals surface area contributed by atoms with E-state index in [0.29, 0.717) is 23.8 Å². The van der Waals surface area contributed by atoms with Gasteiger partial charge in [-0.25, -0.2) is 13.2 Å². The number of alkyl halides is 3. The second-order valence-corrected chi connectivity index (χ2v) is 6.47. The normalized spacial score (nSPS) is 11.7. The lowest BCUT2D eigenvalue weighted by Gasteiger charge is -2.19. The quantitative estimate of drug-likeness (QED) is 0.492. The van der Waals surface area contributed by atoms with Gasteiger partial charge in [-0.1, -0.05) is 23.8 Å². The standard InChI is InChI=1S/C20H14F6N2O/c1-10-3-2-4-11(5-10)17-7-13(20(24,25)26)18(27)19(29)28(17)9-12-6-15(22)16(23)8-14(12)21/h2-8H,9,27H2,1H3. The van der Waals surface area contributed by atoms with E-state index in [1.54, 1.807) is 19.1 Å². The molecule has 0 amide bonds. The summed E-state index contributed by atoms with van der Waals surface area (Å²) in [5.74, 6) is -3.93. The average molecular weight is 412 g/mol. The van der Waals surface area contributed by atoms with E-state index in [-0.39, 0.29) is 11.3 Å². The number of nitrogens with two attached hydrogens (primary N) is 1. The molecule has 152 valence electrons. The lowest BCUT2D eigenvalue weighted by Crippen LogP contribution is -2.29. The van der Waals surface area contributed by atoms with Crippen LogP contribution in [-0.4, -0.2) is 4.57 Å². The third-order valence-corrected chi connectivity index (χ3v) is 4.37. The molecule has 0 saturated carbocycles. The zero-order valence-electron chi connectivity index (χ0n) is 14.9. The molecule has 0 aliphatic heterocycles.